The van der Waals surface area contributed by atoms with E-state index in [4.69, 9.17) is 11.6 Å². The molecule has 0 aliphatic heterocycles. The minimum atomic E-state index is -0.446. The van der Waals surface area contributed by atoms with Crippen molar-refractivity contribution < 1.29 is 0 Å². The monoisotopic (exact) mass is 355 g/mol. The van der Waals surface area contributed by atoms with Gasteiger partial charge in [-0.3, -0.25) is 14.3 Å². The summed E-state index contributed by atoms with van der Waals surface area (Å²) in [6, 6.07) is 17.3. The van der Waals surface area contributed by atoms with Crippen molar-refractivity contribution in [1.29, 1.82) is 0 Å². The quantitative estimate of drug-likeness (QED) is 0.714. The summed E-state index contributed by atoms with van der Waals surface area (Å²) in [5.41, 5.74) is 1.58. The molecule has 0 fully saturated rings. The van der Waals surface area contributed by atoms with Crippen LogP contribution in [-0.4, -0.2) is 16.1 Å². The molecule has 3 rings (SSSR count). The van der Waals surface area contributed by atoms with Gasteiger partial charge in [0.25, 0.3) is 5.56 Å². The molecule has 1 aromatic heterocycles. The first-order valence-electron chi connectivity index (χ1n) is 7.98. The maximum Gasteiger partial charge on any atom is 0.328 e. The molecule has 0 bridgehead atoms. The van der Waals surface area contributed by atoms with Gasteiger partial charge in [0.2, 0.25) is 0 Å². The molecule has 128 valence electrons. The number of anilines is 1. The third kappa shape index (κ3) is 4.61. The van der Waals surface area contributed by atoms with Crippen LogP contribution in [-0.2, 0) is 13.0 Å². The maximum absolute atomic E-state index is 12.0. The molecule has 0 unspecified atom stereocenters. The number of halogens is 1. The van der Waals surface area contributed by atoms with E-state index in [1.165, 1.54) is 10.1 Å². The van der Waals surface area contributed by atoms with Gasteiger partial charge in [-0.25, -0.2) is 4.79 Å². The van der Waals surface area contributed by atoms with Crippen LogP contribution in [0.1, 0.15) is 11.1 Å². The van der Waals surface area contributed by atoms with E-state index in [0.29, 0.717) is 23.8 Å². The number of hydrogen-bond donors (Lipinski definition) is 2. The summed E-state index contributed by atoms with van der Waals surface area (Å²) in [4.78, 5) is 26.4. The second kappa shape index (κ2) is 7.85. The van der Waals surface area contributed by atoms with Gasteiger partial charge >= 0.3 is 5.69 Å². The number of hydrogen-bond acceptors (Lipinski definition) is 3. The Hall–Kier alpha value is -2.79. The molecule has 0 saturated heterocycles. The highest BCUT2D eigenvalue weighted by Crippen LogP contribution is 2.11. The highest BCUT2D eigenvalue weighted by molar-refractivity contribution is 6.30. The standard InChI is InChI=1S/C19H18ClN3O2/c20-16-8-4-7-15(11-16)12-23-13-17(18(24)22-19(23)25)21-10-9-14-5-2-1-3-6-14/h1-8,11,13,21H,9-10,12H2,(H,22,24,25). The van der Waals surface area contributed by atoms with E-state index >= 15 is 0 Å². The second-order valence-corrected chi connectivity index (χ2v) is 6.16. The van der Waals surface area contributed by atoms with E-state index in [9.17, 15) is 9.59 Å². The Labute approximate surface area is 149 Å². The number of benzene rings is 2. The lowest BCUT2D eigenvalue weighted by Gasteiger charge is -2.10. The van der Waals surface area contributed by atoms with Crippen LogP contribution in [0.25, 0.3) is 0 Å². The molecule has 0 aliphatic carbocycles. The van der Waals surface area contributed by atoms with E-state index in [2.05, 4.69) is 10.3 Å². The van der Waals surface area contributed by atoms with Crippen molar-refractivity contribution in [1.82, 2.24) is 9.55 Å². The largest absolute Gasteiger partial charge is 0.379 e. The Morgan fingerprint density at radius 1 is 1.00 bits per heavy atom. The highest BCUT2D eigenvalue weighted by atomic mass is 35.5. The SMILES string of the molecule is O=c1[nH]c(=O)n(Cc2cccc(Cl)c2)cc1NCCc1ccccc1. The van der Waals surface area contributed by atoms with Crippen molar-refractivity contribution in [2.24, 2.45) is 0 Å². The van der Waals surface area contributed by atoms with Crippen molar-refractivity contribution in [3.8, 4) is 0 Å². The molecule has 6 heteroatoms. The Morgan fingerprint density at radius 3 is 2.52 bits per heavy atom. The van der Waals surface area contributed by atoms with Gasteiger partial charge < -0.3 is 5.32 Å². The average molecular weight is 356 g/mol. The van der Waals surface area contributed by atoms with Gasteiger partial charge in [0.1, 0.15) is 5.69 Å². The first kappa shape index (κ1) is 17.0. The zero-order chi connectivity index (χ0) is 17.6. The number of nitrogens with zero attached hydrogens (tertiary/aromatic N) is 1. The van der Waals surface area contributed by atoms with Crippen LogP contribution in [0.15, 0.2) is 70.4 Å². The molecule has 25 heavy (non-hydrogen) atoms. The molecule has 3 aromatic rings. The number of aromatic nitrogens is 2. The molecule has 2 aromatic carbocycles. The molecule has 0 spiro atoms. The summed E-state index contributed by atoms with van der Waals surface area (Å²) >= 11 is 5.98. The molecule has 0 amide bonds. The van der Waals surface area contributed by atoms with Gasteiger partial charge in [0, 0.05) is 17.8 Å². The predicted molar refractivity (Wildman–Crippen MR) is 101 cm³/mol. The van der Waals surface area contributed by atoms with E-state index < -0.39 is 11.2 Å². The van der Waals surface area contributed by atoms with Crippen molar-refractivity contribution in [3.63, 3.8) is 0 Å². The van der Waals surface area contributed by atoms with E-state index in [-0.39, 0.29) is 0 Å². The molecular formula is C19H18ClN3O2. The average Bonchev–Trinajstić information content (AvgIpc) is 2.60. The van der Waals surface area contributed by atoms with Crippen molar-refractivity contribution in [2.45, 2.75) is 13.0 Å². The molecule has 5 nitrogen and oxygen atoms in total. The van der Waals surface area contributed by atoms with Gasteiger partial charge in [0.05, 0.1) is 6.54 Å². The van der Waals surface area contributed by atoms with E-state index in [1.54, 1.807) is 18.3 Å². The van der Waals surface area contributed by atoms with E-state index in [1.807, 2.05) is 42.5 Å². The molecule has 2 N–H and O–H groups in total. The molecule has 1 heterocycles. The molecule has 0 atom stereocenters. The predicted octanol–water partition coefficient (Wildman–Crippen LogP) is 2.89. The first-order chi connectivity index (χ1) is 12.1. The minimum absolute atomic E-state index is 0.337. The minimum Gasteiger partial charge on any atom is -0.379 e. The van der Waals surface area contributed by atoms with Crippen LogP contribution in [0.4, 0.5) is 5.69 Å². The lowest BCUT2D eigenvalue weighted by Crippen LogP contribution is -2.31. The van der Waals surface area contributed by atoms with Crippen LogP contribution in [0, 0.1) is 0 Å². The summed E-state index contributed by atoms with van der Waals surface area (Å²) in [5.74, 6) is 0. The van der Waals surface area contributed by atoms with E-state index in [0.717, 1.165) is 12.0 Å². The van der Waals surface area contributed by atoms with Crippen LogP contribution in [0.5, 0.6) is 0 Å². The Kier molecular flexibility index (Phi) is 5.36. The summed E-state index contributed by atoms with van der Waals surface area (Å²) in [6.07, 6.45) is 2.33. The van der Waals surface area contributed by atoms with Crippen molar-refractivity contribution in [2.75, 3.05) is 11.9 Å². The highest BCUT2D eigenvalue weighted by Gasteiger charge is 2.05. The van der Waals surface area contributed by atoms with Gasteiger partial charge in [-0.15, -0.1) is 0 Å². The van der Waals surface area contributed by atoms with Gasteiger partial charge in [-0.05, 0) is 29.7 Å². The van der Waals surface area contributed by atoms with Crippen molar-refractivity contribution in [3.05, 3.63) is 97.8 Å². The zero-order valence-corrected chi connectivity index (χ0v) is 14.3. The Bertz CT molecular complexity index is 964. The fourth-order valence-electron chi connectivity index (χ4n) is 2.57. The zero-order valence-electron chi connectivity index (χ0n) is 13.5. The number of aromatic amines is 1. The molecule has 0 radical (unpaired) electrons. The van der Waals surface area contributed by atoms with Gasteiger partial charge in [0.15, 0.2) is 0 Å². The molecular weight excluding hydrogens is 338 g/mol. The number of rotatable bonds is 6. The first-order valence-corrected chi connectivity index (χ1v) is 8.35. The summed E-state index contributed by atoms with van der Waals surface area (Å²) in [5, 5.41) is 3.70. The second-order valence-electron chi connectivity index (χ2n) is 5.72. The normalized spacial score (nSPS) is 10.6. The summed E-state index contributed by atoms with van der Waals surface area (Å²) in [7, 11) is 0. The third-order valence-electron chi connectivity index (χ3n) is 3.82. The van der Waals surface area contributed by atoms with Crippen LogP contribution in [0.2, 0.25) is 5.02 Å². The number of H-pyrrole nitrogens is 1. The van der Waals surface area contributed by atoms with Crippen LogP contribution >= 0.6 is 11.6 Å². The van der Waals surface area contributed by atoms with Crippen molar-refractivity contribution >= 4 is 17.3 Å². The molecule has 0 aliphatic rings. The Balaban J connectivity index is 1.74. The van der Waals surface area contributed by atoms with Crippen LogP contribution < -0.4 is 16.6 Å². The topological polar surface area (TPSA) is 66.9 Å². The summed E-state index contributed by atoms with van der Waals surface area (Å²) in [6.45, 7) is 0.937. The van der Waals surface area contributed by atoms with Gasteiger partial charge in [-0.1, -0.05) is 54.1 Å². The fourth-order valence-corrected chi connectivity index (χ4v) is 2.78. The molecule has 0 saturated carbocycles. The number of nitrogens with one attached hydrogen (secondary N) is 2. The maximum atomic E-state index is 12.0. The van der Waals surface area contributed by atoms with Gasteiger partial charge in [-0.2, -0.15) is 0 Å². The summed E-state index contributed by atoms with van der Waals surface area (Å²) < 4.78 is 1.46. The smallest absolute Gasteiger partial charge is 0.328 e. The lowest BCUT2D eigenvalue weighted by molar-refractivity contribution is 0.721. The fraction of sp³-hybridized carbons (Fsp3) is 0.158. The van der Waals surface area contributed by atoms with Crippen LogP contribution in [0.3, 0.4) is 0 Å². The Morgan fingerprint density at radius 2 is 1.76 bits per heavy atom. The lowest BCUT2D eigenvalue weighted by atomic mass is 10.1. The third-order valence-corrected chi connectivity index (χ3v) is 4.06.